The first-order chi connectivity index (χ1) is 13.4. The second-order valence-electron chi connectivity index (χ2n) is 6.78. The fourth-order valence-electron chi connectivity index (χ4n) is 3.22. The van der Waals surface area contributed by atoms with Crippen molar-refractivity contribution in [3.63, 3.8) is 0 Å². The van der Waals surface area contributed by atoms with E-state index in [0.717, 1.165) is 11.3 Å². The van der Waals surface area contributed by atoms with Crippen LogP contribution in [0.1, 0.15) is 28.2 Å². The van der Waals surface area contributed by atoms with Gasteiger partial charge in [-0.15, -0.1) is 11.3 Å². The Morgan fingerprint density at radius 1 is 1.25 bits per heavy atom. The van der Waals surface area contributed by atoms with Crippen molar-refractivity contribution in [3.8, 4) is 5.75 Å². The number of aliphatic hydroxyl groups is 1. The summed E-state index contributed by atoms with van der Waals surface area (Å²) in [5.41, 5.74) is 0.898. The monoisotopic (exact) mass is 400 g/mol. The minimum absolute atomic E-state index is 0.135. The van der Waals surface area contributed by atoms with Gasteiger partial charge in [0.15, 0.2) is 5.76 Å². The van der Waals surface area contributed by atoms with E-state index < -0.39 is 17.7 Å². The van der Waals surface area contributed by atoms with Crippen LogP contribution in [-0.4, -0.2) is 60.4 Å². The standard InChI is InChI=1S/C21H24N2O4S/c1-4-27-15-9-7-14(8-10-15)18-17(19(24)16-6-5-13-28-16)20(25)21(26)23(18)12-11-22(2)3/h5-10,13,18,25H,4,11-12H2,1-3H3/t18-/m0/s1. The number of benzene rings is 1. The summed E-state index contributed by atoms with van der Waals surface area (Å²) in [4.78, 5) is 29.9. The van der Waals surface area contributed by atoms with Gasteiger partial charge >= 0.3 is 0 Å². The average molecular weight is 401 g/mol. The van der Waals surface area contributed by atoms with Gasteiger partial charge < -0.3 is 19.6 Å². The Balaban J connectivity index is 2.01. The quantitative estimate of drug-likeness (QED) is 0.689. The first-order valence-electron chi connectivity index (χ1n) is 9.13. The van der Waals surface area contributed by atoms with Crippen LogP contribution in [0, 0.1) is 0 Å². The molecule has 28 heavy (non-hydrogen) atoms. The lowest BCUT2D eigenvalue weighted by Gasteiger charge is -2.28. The van der Waals surface area contributed by atoms with Gasteiger partial charge in [0.25, 0.3) is 5.91 Å². The Morgan fingerprint density at radius 3 is 2.54 bits per heavy atom. The topological polar surface area (TPSA) is 70.1 Å². The van der Waals surface area contributed by atoms with Gasteiger partial charge in [-0.2, -0.15) is 0 Å². The average Bonchev–Trinajstić information content (AvgIpc) is 3.29. The first-order valence-corrected chi connectivity index (χ1v) is 10.0. The van der Waals surface area contributed by atoms with Crippen molar-refractivity contribution in [2.75, 3.05) is 33.8 Å². The molecule has 1 aliphatic heterocycles. The summed E-state index contributed by atoms with van der Waals surface area (Å²) in [6, 6.07) is 10.2. The van der Waals surface area contributed by atoms with E-state index in [1.807, 2.05) is 50.2 Å². The molecule has 0 aliphatic carbocycles. The van der Waals surface area contributed by atoms with Gasteiger partial charge in [0, 0.05) is 13.1 Å². The highest BCUT2D eigenvalue weighted by Crippen LogP contribution is 2.39. The number of likely N-dealkylation sites (N-methyl/N-ethyl adjacent to an activating group) is 1. The van der Waals surface area contributed by atoms with E-state index in [1.54, 1.807) is 22.4 Å². The maximum Gasteiger partial charge on any atom is 0.290 e. The molecule has 6 nitrogen and oxygen atoms in total. The molecular weight excluding hydrogens is 376 g/mol. The molecular formula is C21H24N2O4S. The first kappa shape index (κ1) is 20.1. The third-order valence-electron chi connectivity index (χ3n) is 4.59. The minimum atomic E-state index is -0.627. The van der Waals surface area contributed by atoms with Crippen LogP contribution in [0.4, 0.5) is 0 Å². The van der Waals surface area contributed by atoms with E-state index in [1.165, 1.54) is 11.3 Å². The zero-order valence-corrected chi connectivity index (χ0v) is 17.0. The predicted octanol–water partition coefficient (Wildman–Crippen LogP) is 3.29. The molecule has 148 valence electrons. The zero-order chi connectivity index (χ0) is 20.3. The molecule has 1 amide bonds. The van der Waals surface area contributed by atoms with Gasteiger partial charge in [-0.1, -0.05) is 18.2 Å². The third-order valence-corrected chi connectivity index (χ3v) is 5.46. The second-order valence-corrected chi connectivity index (χ2v) is 7.72. The highest BCUT2D eigenvalue weighted by Gasteiger charge is 2.43. The maximum absolute atomic E-state index is 13.1. The summed E-state index contributed by atoms with van der Waals surface area (Å²) in [6.45, 7) is 3.48. The number of amides is 1. The molecule has 3 rings (SSSR count). The van der Waals surface area contributed by atoms with E-state index >= 15 is 0 Å². The molecule has 0 saturated carbocycles. The molecule has 0 fully saturated rings. The van der Waals surface area contributed by atoms with Crippen LogP contribution in [0.2, 0.25) is 0 Å². The van der Waals surface area contributed by atoms with Crippen LogP contribution in [0.5, 0.6) is 5.75 Å². The Hall–Kier alpha value is -2.64. The number of aliphatic hydroxyl groups excluding tert-OH is 1. The molecule has 0 radical (unpaired) electrons. The predicted molar refractivity (Wildman–Crippen MR) is 109 cm³/mol. The van der Waals surface area contributed by atoms with Gasteiger partial charge in [0.05, 0.1) is 23.1 Å². The number of rotatable bonds is 8. The molecule has 1 aromatic heterocycles. The molecule has 0 bridgehead atoms. The second kappa shape index (κ2) is 8.58. The van der Waals surface area contributed by atoms with Crippen molar-refractivity contribution in [1.29, 1.82) is 0 Å². The van der Waals surface area contributed by atoms with Crippen molar-refractivity contribution in [2.45, 2.75) is 13.0 Å². The molecule has 0 saturated heterocycles. The number of hydrogen-bond donors (Lipinski definition) is 1. The molecule has 2 aromatic rings. The highest BCUT2D eigenvalue weighted by molar-refractivity contribution is 7.12. The third kappa shape index (κ3) is 3.95. The summed E-state index contributed by atoms with van der Waals surface area (Å²) in [5, 5.41) is 12.4. The van der Waals surface area contributed by atoms with E-state index in [9.17, 15) is 14.7 Å². The number of ether oxygens (including phenoxy) is 1. The Kier molecular flexibility index (Phi) is 6.16. The van der Waals surface area contributed by atoms with E-state index in [0.29, 0.717) is 24.6 Å². The lowest BCUT2D eigenvalue weighted by molar-refractivity contribution is -0.129. The fraction of sp³-hybridized carbons (Fsp3) is 0.333. The number of ketones is 1. The van der Waals surface area contributed by atoms with Crippen molar-refractivity contribution in [3.05, 3.63) is 63.6 Å². The Bertz CT molecular complexity index is 872. The molecule has 1 atom stereocenters. The number of nitrogens with zero attached hydrogens (tertiary/aromatic N) is 2. The van der Waals surface area contributed by atoms with E-state index in [-0.39, 0.29) is 11.4 Å². The van der Waals surface area contributed by atoms with Crippen molar-refractivity contribution >= 4 is 23.0 Å². The summed E-state index contributed by atoms with van der Waals surface area (Å²) in [7, 11) is 3.83. The molecule has 0 unspecified atom stereocenters. The van der Waals surface area contributed by atoms with Gasteiger partial charge in [-0.25, -0.2) is 0 Å². The minimum Gasteiger partial charge on any atom is -0.503 e. The lowest BCUT2D eigenvalue weighted by atomic mass is 9.95. The van der Waals surface area contributed by atoms with Crippen LogP contribution < -0.4 is 4.74 Å². The number of carbonyl (C=O) groups excluding carboxylic acids is 2. The summed E-state index contributed by atoms with van der Waals surface area (Å²) in [5.74, 6) is -0.571. The van der Waals surface area contributed by atoms with Crippen LogP contribution in [0.25, 0.3) is 0 Å². The number of thiophene rings is 1. The molecule has 0 spiro atoms. The van der Waals surface area contributed by atoms with Crippen LogP contribution in [0.15, 0.2) is 53.1 Å². The van der Waals surface area contributed by atoms with Gasteiger partial charge in [0.2, 0.25) is 5.78 Å². The molecule has 7 heteroatoms. The molecule has 1 aliphatic rings. The molecule has 2 heterocycles. The normalized spacial score (nSPS) is 16.9. The number of carbonyl (C=O) groups is 2. The van der Waals surface area contributed by atoms with Crippen molar-refractivity contribution in [2.24, 2.45) is 0 Å². The largest absolute Gasteiger partial charge is 0.503 e. The van der Waals surface area contributed by atoms with Crippen LogP contribution in [0.3, 0.4) is 0 Å². The van der Waals surface area contributed by atoms with Gasteiger partial charge in [-0.05, 0) is 50.2 Å². The lowest BCUT2D eigenvalue weighted by Crippen LogP contribution is -2.36. The van der Waals surface area contributed by atoms with Crippen molar-refractivity contribution < 1.29 is 19.4 Å². The maximum atomic E-state index is 13.1. The van der Waals surface area contributed by atoms with E-state index in [4.69, 9.17) is 4.74 Å². The molecule has 1 aromatic carbocycles. The van der Waals surface area contributed by atoms with Gasteiger partial charge in [-0.3, -0.25) is 9.59 Å². The van der Waals surface area contributed by atoms with Crippen LogP contribution >= 0.6 is 11.3 Å². The summed E-state index contributed by atoms with van der Waals surface area (Å²) in [6.07, 6.45) is 0. The Morgan fingerprint density at radius 2 is 1.96 bits per heavy atom. The fourth-order valence-corrected chi connectivity index (χ4v) is 3.90. The zero-order valence-electron chi connectivity index (χ0n) is 16.2. The highest BCUT2D eigenvalue weighted by atomic mass is 32.1. The van der Waals surface area contributed by atoms with Crippen molar-refractivity contribution in [1.82, 2.24) is 9.80 Å². The Labute approximate surface area is 168 Å². The van der Waals surface area contributed by atoms with Crippen LogP contribution in [-0.2, 0) is 4.79 Å². The van der Waals surface area contributed by atoms with Gasteiger partial charge in [0.1, 0.15) is 5.75 Å². The summed E-state index contributed by atoms with van der Waals surface area (Å²) < 4.78 is 5.49. The summed E-state index contributed by atoms with van der Waals surface area (Å²) >= 11 is 1.29. The smallest absolute Gasteiger partial charge is 0.290 e. The SMILES string of the molecule is CCOc1ccc([C@H]2C(C(=O)c3cccs3)=C(O)C(=O)N2CCN(C)C)cc1. The number of Topliss-reactive ketones (excluding diaryl/α,β-unsaturated/α-hetero) is 1. The number of hydrogen-bond acceptors (Lipinski definition) is 6. The molecule has 1 N–H and O–H groups in total. The van der Waals surface area contributed by atoms with E-state index in [2.05, 4.69) is 0 Å².